The van der Waals surface area contributed by atoms with E-state index in [-0.39, 0.29) is 5.91 Å². The van der Waals surface area contributed by atoms with Crippen LogP contribution in [0.5, 0.6) is 0 Å². The highest BCUT2D eigenvalue weighted by Gasteiger charge is 2.22. The number of thiazole rings is 1. The number of aromatic nitrogens is 1. The zero-order valence-corrected chi connectivity index (χ0v) is 18.4. The first kappa shape index (κ1) is 20.8. The molecule has 4 nitrogen and oxygen atoms in total. The molecule has 1 amide bonds. The van der Waals surface area contributed by atoms with E-state index in [0.29, 0.717) is 17.1 Å². The molecule has 0 aliphatic heterocycles. The standard InChI is InChI=1S/C22H26ClN3OS/c1-5-25(6-2)10-11-26(21(27)17-8-7-9-18(23)14-17)22-24-19-12-15(3)16(4)13-20(19)28-22/h7-9,12-14H,5-6,10-11H2,1-4H3. The number of halogens is 1. The molecule has 0 atom stereocenters. The molecule has 0 N–H and O–H groups in total. The van der Waals surface area contributed by atoms with E-state index in [1.807, 2.05) is 6.07 Å². The zero-order chi connectivity index (χ0) is 20.3. The van der Waals surface area contributed by atoms with Crippen LogP contribution in [-0.4, -0.2) is 42.0 Å². The van der Waals surface area contributed by atoms with E-state index in [0.717, 1.165) is 35.0 Å². The monoisotopic (exact) mass is 415 g/mol. The van der Waals surface area contributed by atoms with Gasteiger partial charge in [0.25, 0.3) is 5.91 Å². The van der Waals surface area contributed by atoms with E-state index in [2.05, 4.69) is 44.7 Å². The number of hydrogen-bond acceptors (Lipinski definition) is 4. The largest absolute Gasteiger partial charge is 0.302 e. The van der Waals surface area contributed by atoms with Gasteiger partial charge in [0.15, 0.2) is 5.13 Å². The van der Waals surface area contributed by atoms with Crippen molar-refractivity contribution in [3.63, 3.8) is 0 Å². The summed E-state index contributed by atoms with van der Waals surface area (Å²) in [5.41, 5.74) is 3.97. The molecule has 0 spiro atoms. The summed E-state index contributed by atoms with van der Waals surface area (Å²) >= 11 is 7.68. The lowest BCUT2D eigenvalue weighted by Gasteiger charge is -2.24. The molecule has 6 heteroatoms. The molecule has 28 heavy (non-hydrogen) atoms. The van der Waals surface area contributed by atoms with Gasteiger partial charge in [-0.3, -0.25) is 9.69 Å². The topological polar surface area (TPSA) is 36.4 Å². The Morgan fingerprint density at radius 1 is 1.07 bits per heavy atom. The van der Waals surface area contributed by atoms with Crippen LogP contribution in [0.1, 0.15) is 35.3 Å². The van der Waals surface area contributed by atoms with E-state index in [1.165, 1.54) is 11.1 Å². The van der Waals surface area contributed by atoms with Crippen molar-refractivity contribution in [1.82, 2.24) is 9.88 Å². The normalized spacial score (nSPS) is 11.4. The molecule has 1 aromatic heterocycles. The van der Waals surface area contributed by atoms with Gasteiger partial charge in [0.05, 0.1) is 10.2 Å². The van der Waals surface area contributed by atoms with Gasteiger partial charge in [-0.05, 0) is 68.4 Å². The molecule has 1 heterocycles. The van der Waals surface area contributed by atoms with Gasteiger partial charge in [-0.25, -0.2) is 4.98 Å². The van der Waals surface area contributed by atoms with Crippen molar-refractivity contribution >= 4 is 44.2 Å². The third-order valence-corrected chi connectivity index (χ3v) is 6.35. The fraction of sp³-hybridized carbons (Fsp3) is 0.364. The van der Waals surface area contributed by atoms with Gasteiger partial charge in [-0.15, -0.1) is 0 Å². The average Bonchev–Trinajstić information content (AvgIpc) is 3.07. The molecular formula is C22H26ClN3OS. The predicted molar refractivity (Wildman–Crippen MR) is 120 cm³/mol. The first-order valence-corrected chi connectivity index (χ1v) is 10.8. The van der Waals surface area contributed by atoms with Crippen LogP contribution in [0.3, 0.4) is 0 Å². The molecule has 148 valence electrons. The Balaban J connectivity index is 1.98. The molecule has 0 aliphatic rings. The van der Waals surface area contributed by atoms with E-state index in [1.54, 1.807) is 34.4 Å². The third-order valence-electron chi connectivity index (χ3n) is 5.07. The highest BCUT2D eigenvalue weighted by Crippen LogP contribution is 2.31. The number of amides is 1. The fourth-order valence-corrected chi connectivity index (χ4v) is 4.39. The van der Waals surface area contributed by atoms with Crippen molar-refractivity contribution in [3.05, 3.63) is 58.1 Å². The highest BCUT2D eigenvalue weighted by molar-refractivity contribution is 7.22. The van der Waals surface area contributed by atoms with Crippen molar-refractivity contribution in [2.45, 2.75) is 27.7 Å². The number of benzene rings is 2. The highest BCUT2D eigenvalue weighted by atomic mass is 35.5. The van der Waals surface area contributed by atoms with Crippen LogP contribution >= 0.6 is 22.9 Å². The number of carbonyl (C=O) groups is 1. The van der Waals surface area contributed by atoms with Crippen molar-refractivity contribution in [1.29, 1.82) is 0 Å². The Hall–Kier alpha value is -1.95. The molecule has 0 saturated heterocycles. The molecular weight excluding hydrogens is 390 g/mol. The van der Waals surface area contributed by atoms with Crippen molar-refractivity contribution < 1.29 is 4.79 Å². The zero-order valence-electron chi connectivity index (χ0n) is 16.8. The smallest absolute Gasteiger partial charge is 0.260 e. The molecule has 0 aliphatic carbocycles. The lowest BCUT2D eigenvalue weighted by atomic mass is 10.1. The molecule has 0 radical (unpaired) electrons. The summed E-state index contributed by atoms with van der Waals surface area (Å²) in [6.45, 7) is 11.7. The van der Waals surface area contributed by atoms with Gasteiger partial charge in [0, 0.05) is 23.7 Å². The number of anilines is 1. The second-order valence-corrected chi connectivity index (χ2v) is 8.34. The SMILES string of the molecule is CCN(CC)CCN(C(=O)c1cccc(Cl)c1)c1nc2cc(C)c(C)cc2s1. The Labute approximate surface area is 175 Å². The summed E-state index contributed by atoms with van der Waals surface area (Å²) in [4.78, 5) is 22.2. The average molecular weight is 416 g/mol. The van der Waals surface area contributed by atoms with E-state index in [4.69, 9.17) is 16.6 Å². The Bertz CT molecular complexity index is 942. The Morgan fingerprint density at radius 2 is 1.79 bits per heavy atom. The summed E-state index contributed by atoms with van der Waals surface area (Å²) in [6.07, 6.45) is 0. The van der Waals surface area contributed by atoms with Gasteiger partial charge < -0.3 is 4.90 Å². The maximum Gasteiger partial charge on any atom is 0.260 e. The third kappa shape index (κ3) is 4.54. The van der Waals surface area contributed by atoms with Crippen LogP contribution in [-0.2, 0) is 0 Å². The Morgan fingerprint density at radius 3 is 2.46 bits per heavy atom. The molecule has 2 aromatic carbocycles. The summed E-state index contributed by atoms with van der Waals surface area (Å²) in [7, 11) is 0. The van der Waals surface area contributed by atoms with E-state index >= 15 is 0 Å². The summed E-state index contributed by atoms with van der Waals surface area (Å²) in [5, 5.41) is 1.29. The minimum absolute atomic E-state index is 0.0674. The minimum atomic E-state index is -0.0674. The van der Waals surface area contributed by atoms with Gasteiger partial charge in [-0.2, -0.15) is 0 Å². The van der Waals surface area contributed by atoms with Gasteiger partial charge >= 0.3 is 0 Å². The van der Waals surface area contributed by atoms with E-state index in [9.17, 15) is 4.79 Å². The molecule has 0 fully saturated rings. The lowest BCUT2D eigenvalue weighted by molar-refractivity contribution is 0.0984. The van der Waals surface area contributed by atoms with Crippen LogP contribution in [0, 0.1) is 13.8 Å². The van der Waals surface area contributed by atoms with Crippen molar-refractivity contribution in [3.8, 4) is 0 Å². The van der Waals surface area contributed by atoms with Crippen LogP contribution < -0.4 is 4.90 Å². The maximum absolute atomic E-state index is 13.3. The predicted octanol–water partition coefficient (Wildman–Crippen LogP) is 5.56. The number of nitrogens with zero attached hydrogens (tertiary/aromatic N) is 3. The second kappa shape index (κ2) is 9.03. The first-order valence-electron chi connectivity index (χ1n) is 9.60. The van der Waals surface area contributed by atoms with Crippen LogP contribution in [0.25, 0.3) is 10.2 Å². The number of hydrogen-bond donors (Lipinski definition) is 0. The van der Waals surface area contributed by atoms with Crippen LogP contribution in [0.2, 0.25) is 5.02 Å². The fourth-order valence-electron chi connectivity index (χ4n) is 3.13. The molecule has 3 rings (SSSR count). The maximum atomic E-state index is 13.3. The number of carbonyl (C=O) groups excluding carboxylic acids is 1. The number of aryl methyl sites for hydroxylation is 2. The summed E-state index contributed by atoms with van der Waals surface area (Å²) in [6, 6.07) is 11.4. The van der Waals surface area contributed by atoms with Crippen LogP contribution in [0.4, 0.5) is 5.13 Å². The summed E-state index contributed by atoms with van der Waals surface area (Å²) in [5.74, 6) is -0.0674. The quantitative estimate of drug-likeness (QED) is 0.507. The molecule has 3 aromatic rings. The number of fused-ring (bicyclic) bond motifs is 1. The number of likely N-dealkylation sites (N-methyl/N-ethyl adjacent to an activating group) is 1. The van der Waals surface area contributed by atoms with Gasteiger partial charge in [0.2, 0.25) is 0 Å². The lowest BCUT2D eigenvalue weighted by Crippen LogP contribution is -2.38. The first-order chi connectivity index (χ1) is 13.4. The minimum Gasteiger partial charge on any atom is -0.302 e. The van der Waals surface area contributed by atoms with Gasteiger partial charge in [0.1, 0.15) is 0 Å². The van der Waals surface area contributed by atoms with E-state index < -0.39 is 0 Å². The molecule has 0 unspecified atom stereocenters. The second-order valence-electron chi connectivity index (χ2n) is 6.89. The molecule has 0 saturated carbocycles. The van der Waals surface area contributed by atoms with Crippen molar-refractivity contribution in [2.24, 2.45) is 0 Å². The van der Waals surface area contributed by atoms with Crippen molar-refractivity contribution in [2.75, 3.05) is 31.1 Å². The molecule has 0 bridgehead atoms. The number of rotatable bonds is 7. The van der Waals surface area contributed by atoms with Crippen LogP contribution in [0.15, 0.2) is 36.4 Å². The Kier molecular flexibility index (Phi) is 6.70. The van der Waals surface area contributed by atoms with Gasteiger partial charge in [-0.1, -0.05) is 42.9 Å². The summed E-state index contributed by atoms with van der Waals surface area (Å²) < 4.78 is 1.10.